The fourth-order valence-corrected chi connectivity index (χ4v) is 2.73. The molecule has 1 fully saturated rings. The lowest BCUT2D eigenvalue weighted by atomic mass is 9.64. The second-order valence-electron chi connectivity index (χ2n) is 5.14. The molecule has 0 radical (unpaired) electrons. The second-order valence-corrected chi connectivity index (χ2v) is 5.14. The zero-order valence-electron chi connectivity index (χ0n) is 11.3. The van der Waals surface area contributed by atoms with Gasteiger partial charge in [-0.1, -0.05) is 30.7 Å². The molecule has 1 atom stereocenters. The molecule has 1 unspecified atom stereocenters. The second kappa shape index (κ2) is 5.83. The van der Waals surface area contributed by atoms with Crippen LogP contribution in [0.3, 0.4) is 0 Å². The maximum atomic E-state index is 5.96. The van der Waals surface area contributed by atoms with Gasteiger partial charge in [-0.2, -0.15) is 0 Å². The van der Waals surface area contributed by atoms with Crippen molar-refractivity contribution in [1.82, 2.24) is 0 Å². The Morgan fingerprint density at radius 1 is 1.33 bits per heavy atom. The summed E-state index contributed by atoms with van der Waals surface area (Å²) < 4.78 is 10.7. The van der Waals surface area contributed by atoms with E-state index in [0.29, 0.717) is 6.61 Å². The van der Waals surface area contributed by atoms with Crippen LogP contribution in [0.25, 0.3) is 0 Å². The van der Waals surface area contributed by atoms with Crippen molar-refractivity contribution in [3.8, 4) is 0 Å². The Labute approximate surface area is 109 Å². The van der Waals surface area contributed by atoms with E-state index in [4.69, 9.17) is 15.2 Å². The summed E-state index contributed by atoms with van der Waals surface area (Å²) in [7, 11) is 3.42. The minimum atomic E-state index is 0.00449. The molecule has 0 spiro atoms. The highest BCUT2D eigenvalue weighted by molar-refractivity contribution is 5.33. The van der Waals surface area contributed by atoms with E-state index in [1.807, 2.05) is 0 Å². The molecule has 2 N–H and O–H groups in total. The topological polar surface area (TPSA) is 44.5 Å². The zero-order chi connectivity index (χ0) is 13.0. The Kier molecular flexibility index (Phi) is 4.38. The Balaban J connectivity index is 2.24. The number of nitrogens with two attached hydrogens (primary N) is 1. The highest BCUT2D eigenvalue weighted by Gasteiger charge is 2.37. The quantitative estimate of drug-likeness (QED) is 0.842. The van der Waals surface area contributed by atoms with Crippen LogP contribution in [0.5, 0.6) is 0 Å². The number of methoxy groups -OCH3 is 2. The SMILES string of the molecule is COCC(OC)c1cccc(C2(CN)CCC2)c1. The van der Waals surface area contributed by atoms with Gasteiger partial charge < -0.3 is 15.2 Å². The Morgan fingerprint density at radius 3 is 2.61 bits per heavy atom. The van der Waals surface area contributed by atoms with Crippen molar-refractivity contribution in [2.24, 2.45) is 5.73 Å². The van der Waals surface area contributed by atoms with E-state index >= 15 is 0 Å². The van der Waals surface area contributed by atoms with E-state index < -0.39 is 0 Å². The van der Waals surface area contributed by atoms with Gasteiger partial charge in [-0.3, -0.25) is 0 Å². The van der Waals surface area contributed by atoms with Crippen LogP contribution < -0.4 is 5.73 Å². The van der Waals surface area contributed by atoms with Gasteiger partial charge in [0.1, 0.15) is 6.10 Å². The molecular weight excluding hydrogens is 226 g/mol. The number of ether oxygens (including phenoxy) is 2. The van der Waals surface area contributed by atoms with Crippen molar-refractivity contribution in [2.45, 2.75) is 30.8 Å². The molecule has 18 heavy (non-hydrogen) atoms. The first-order valence-electron chi connectivity index (χ1n) is 6.58. The third-order valence-electron chi connectivity index (χ3n) is 4.17. The molecule has 0 aromatic heterocycles. The van der Waals surface area contributed by atoms with Crippen molar-refractivity contribution in [2.75, 3.05) is 27.4 Å². The number of rotatable bonds is 6. The molecule has 0 amide bonds. The summed E-state index contributed by atoms with van der Waals surface area (Å²) in [6.07, 6.45) is 3.70. The van der Waals surface area contributed by atoms with Gasteiger partial charge in [0.2, 0.25) is 0 Å². The molecule has 1 saturated carbocycles. The predicted octanol–water partition coefficient (Wildman–Crippen LogP) is 2.40. The maximum Gasteiger partial charge on any atom is 0.105 e. The van der Waals surface area contributed by atoms with E-state index in [9.17, 15) is 0 Å². The Hall–Kier alpha value is -0.900. The van der Waals surface area contributed by atoms with Crippen molar-refractivity contribution >= 4 is 0 Å². The molecule has 0 bridgehead atoms. The molecular formula is C15H23NO2. The van der Waals surface area contributed by atoms with Crippen LogP contribution in [-0.2, 0) is 14.9 Å². The maximum absolute atomic E-state index is 5.96. The first kappa shape index (κ1) is 13.5. The van der Waals surface area contributed by atoms with Gasteiger partial charge in [-0.25, -0.2) is 0 Å². The lowest BCUT2D eigenvalue weighted by Crippen LogP contribution is -2.41. The third kappa shape index (κ3) is 2.44. The van der Waals surface area contributed by atoms with Gasteiger partial charge >= 0.3 is 0 Å². The molecule has 1 aromatic rings. The van der Waals surface area contributed by atoms with Crippen molar-refractivity contribution in [1.29, 1.82) is 0 Å². The molecule has 3 nitrogen and oxygen atoms in total. The summed E-state index contributed by atoms with van der Waals surface area (Å²) in [6, 6.07) is 8.62. The van der Waals surface area contributed by atoms with E-state index in [0.717, 1.165) is 6.54 Å². The summed E-state index contributed by atoms with van der Waals surface area (Å²) in [5.74, 6) is 0. The van der Waals surface area contributed by atoms with Crippen LogP contribution in [0.1, 0.15) is 36.5 Å². The summed E-state index contributed by atoms with van der Waals surface area (Å²) >= 11 is 0. The minimum absolute atomic E-state index is 0.00449. The third-order valence-corrected chi connectivity index (χ3v) is 4.17. The predicted molar refractivity (Wildman–Crippen MR) is 72.7 cm³/mol. The normalized spacial score (nSPS) is 19.3. The smallest absolute Gasteiger partial charge is 0.105 e. The summed E-state index contributed by atoms with van der Waals surface area (Å²) in [5.41, 5.74) is 8.70. The van der Waals surface area contributed by atoms with Crippen LogP contribution >= 0.6 is 0 Å². The Bertz CT molecular complexity index is 382. The van der Waals surface area contributed by atoms with Gasteiger partial charge in [0.15, 0.2) is 0 Å². The average molecular weight is 249 g/mol. The molecule has 0 heterocycles. The number of benzene rings is 1. The van der Waals surface area contributed by atoms with E-state index in [-0.39, 0.29) is 11.5 Å². The summed E-state index contributed by atoms with van der Waals surface area (Å²) in [6.45, 7) is 1.31. The standard InChI is InChI=1S/C15H23NO2/c1-17-10-14(18-2)12-5-3-6-13(9-12)15(11-16)7-4-8-15/h3,5-6,9,14H,4,7-8,10-11,16H2,1-2H3. The lowest BCUT2D eigenvalue weighted by Gasteiger charge is -2.42. The molecule has 3 heteroatoms. The van der Waals surface area contributed by atoms with E-state index in [1.54, 1.807) is 14.2 Å². The largest absolute Gasteiger partial charge is 0.382 e. The minimum Gasteiger partial charge on any atom is -0.382 e. The zero-order valence-corrected chi connectivity index (χ0v) is 11.3. The van der Waals surface area contributed by atoms with Gasteiger partial charge in [0.05, 0.1) is 6.61 Å². The van der Waals surface area contributed by atoms with Crippen LogP contribution in [0.2, 0.25) is 0 Å². The van der Waals surface area contributed by atoms with Crippen molar-refractivity contribution in [3.05, 3.63) is 35.4 Å². The van der Waals surface area contributed by atoms with E-state index in [2.05, 4.69) is 24.3 Å². The fraction of sp³-hybridized carbons (Fsp3) is 0.600. The highest BCUT2D eigenvalue weighted by Crippen LogP contribution is 2.43. The number of hydrogen-bond acceptors (Lipinski definition) is 3. The van der Waals surface area contributed by atoms with Gasteiger partial charge in [0.25, 0.3) is 0 Å². The van der Waals surface area contributed by atoms with E-state index in [1.165, 1.54) is 30.4 Å². The first-order chi connectivity index (χ1) is 8.75. The molecule has 1 aliphatic rings. The highest BCUT2D eigenvalue weighted by atomic mass is 16.5. The van der Waals surface area contributed by atoms with Crippen molar-refractivity contribution in [3.63, 3.8) is 0 Å². The first-order valence-corrected chi connectivity index (χ1v) is 6.58. The molecule has 100 valence electrons. The monoisotopic (exact) mass is 249 g/mol. The average Bonchev–Trinajstić information content (AvgIpc) is 2.36. The molecule has 1 aliphatic carbocycles. The van der Waals surface area contributed by atoms with Gasteiger partial charge in [0, 0.05) is 26.2 Å². The number of hydrogen-bond donors (Lipinski definition) is 1. The molecule has 2 rings (SSSR count). The Morgan fingerprint density at radius 2 is 2.11 bits per heavy atom. The lowest BCUT2D eigenvalue weighted by molar-refractivity contribution is 0.0273. The van der Waals surface area contributed by atoms with Crippen molar-refractivity contribution < 1.29 is 9.47 Å². The summed E-state index contributed by atoms with van der Waals surface area (Å²) in [4.78, 5) is 0. The van der Waals surface area contributed by atoms with Crippen LogP contribution in [-0.4, -0.2) is 27.4 Å². The molecule has 1 aromatic carbocycles. The molecule has 0 saturated heterocycles. The van der Waals surface area contributed by atoms with Crippen LogP contribution in [0.15, 0.2) is 24.3 Å². The molecule has 0 aliphatic heterocycles. The van der Waals surface area contributed by atoms with Crippen LogP contribution in [0, 0.1) is 0 Å². The van der Waals surface area contributed by atoms with Gasteiger partial charge in [-0.05, 0) is 24.0 Å². The van der Waals surface area contributed by atoms with Crippen LogP contribution in [0.4, 0.5) is 0 Å². The van der Waals surface area contributed by atoms with Gasteiger partial charge in [-0.15, -0.1) is 0 Å². The summed E-state index contributed by atoms with van der Waals surface area (Å²) in [5, 5.41) is 0. The fourth-order valence-electron chi connectivity index (χ4n) is 2.73.